The number of hydrogen-bond acceptors (Lipinski definition) is 8. The Morgan fingerprint density at radius 3 is 2.62 bits per heavy atom. The highest BCUT2D eigenvalue weighted by Gasteiger charge is 2.53. The van der Waals surface area contributed by atoms with Crippen LogP contribution in [0.15, 0.2) is 71.7 Å². The molecule has 220 valence electrons. The first-order valence-corrected chi connectivity index (χ1v) is 13.3. The molecule has 13 heteroatoms. The lowest BCUT2D eigenvalue weighted by Crippen LogP contribution is -2.35. The SMILES string of the molecule is CCNC(=O)Nc1ccn([C@@H]2O[C@H](COCc3c(F)cccc3C(=O)O)C3O[C@H](/C=C/c4ccccc4)O[C@@H]32)c(=O)n1. The molecule has 2 aliphatic heterocycles. The lowest BCUT2D eigenvalue weighted by molar-refractivity contribution is -0.141. The van der Waals surface area contributed by atoms with Crippen LogP contribution in [-0.4, -0.2) is 64.4 Å². The van der Waals surface area contributed by atoms with E-state index in [9.17, 15) is 23.9 Å². The van der Waals surface area contributed by atoms with Crippen molar-refractivity contribution in [1.82, 2.24) is 14.9 Å². The van der Waals surface area contributed by atoms with Crippen molar-refractivity contribution in [3.8, 4) is 0 Å². The molecule has 0 saturated carbocycles. The van der Waals surface area contributed by atoms with Gasteiger partial charge in [-0.1, -0.05) is 42.5 Å². The molecule has 3 aromatic rings. The van der Waals surface area contributed by atoms with E-state index in [-0.39, 0.29) is 30.2 Å². The van der Waals surface area contributed by atoms with Crippen molar-refractivity contribution >= 4 is 23.9 Å². The first-order chi connectivity index (χ1) is 20.3. The summed E-state index contributed by atoms with van der Waals surface area (Å²) in [6, 6.07) is 14.3. The molecule has 0 bridgehead atoms. The fraction of sp³-hybridized carbons (Fsp3) is 0.310. The number of anilines is 1. The lowest BCUT2D eigenvalue weighted by atomic mass is 10.1. The Morgan fingerprint density at radius 1 is 1.10 bits per heavy atom. The minimum atomic E-state index is -1.28. The van der Waals surface area contributed by atoms with Gasteiger partial charge in [0.15, 0.2) is 12.5 Å². The summed E-state index contributed by atoms with van der Waals surface area (Å²) in [5.41, 5.74) is -0.0642. The van der Waals surface area contributed by atoms with E-state index in [4.69, 9.17) is 18.9 Å². The third-order valence-electron chi connectivity index (χ3n) is 6.67. The van der Waals surface area contributed by atoms with Gasteiger partial charge in [-0.25, -0.2) is 18.8 Å². The smallest absolute Gasteiger partial charge is 0.351 e. The van der Waals surface area contributed by atoms with E-state index in [0.29, 0.717) is 6.54 Å². The maximum atomic E-state index is 14.4. The second kappa shape index (κ2) is 13.0. The molecule has 5 atom stereocenters. The van der Waals surface area contributed by atoms with Crippen molar-refractivity contribution in [2.45, 2.75) is 44.4 Å². The zero-order valence-corrected chi connectivity index (χ0v) is 22.5. The number of rotatable bonds is 10. The monoisotopic (exact) mass is 580 g/mol. The van der Waals surface area contributed by atoms with Crippen molar-refractivity contribution in [1.29, 1.82) is 0 Å². The van der Waals surface area contributed by atoms with Crippen LogP contribution in [0, 0.1) is 5.82 Å². The molecular weight excluding hydrogens is 551 g/mol. The normalized spacial score (nSPS) is 23.1. The largest absolute Gasteiger partial charge is 0.478 e. The first-order valence-electron chi connectivity index (χ1n) is 13.3. The fourth-order valence-electron chi connectivity index (χ4n) is 4.74. The minimum absolute atomic E-state index is 0.0583. The second-order valence-electron chi connectivity index (χ2n) is 9.48. The van der Waals surface area contributed by atoms with Crippen molar-refractivity contribution in [3.63, 3.8) is 0 Å². The summed E-state index contributed by atoms with van der Waals surface area (Å²) >= 11 is 0. The Labute approximate surface area is 239 Å². The predicted molar refractivity (Wildman–Crippen MR) is 147 cm³/mol. The number of carbonyl (C=O) groups is 2. The number of fused-ring (bicyclic) bond motifs is 1. The molecule has 2 saturated heterocycles. The quantitative estimate of drug-likeness (QED) is 0.329. The van der Waals surface area contributed by atoms with Gasteiger partial charge in [-0.3, -0.25) is 9.88 Å². The van der Waals surface area contributed by atoms with Gasteiger partial charge in [0, 0.05) is 18.3 Å². The molecule has 2 aromatic carbocycles. The number of carboxylic acids is 1. The van der Waals surface area contributed by atoms with Gasteiger partial charge in [0.05, 0.1) is 18.8 Å². The van der Waals surface area contributed by atoms with Crippen LogP contribution in [0.5, 0.6) is 0 Å². The predicted octanol–water partition coefficient (Wildman–Crippen LogP) is 3.16. The van der Waals surface area contributed by atoms with Crippen molar-refractivity contribution in [2.24, 2.45) is 0 Å². The van der Waals surface area contributed by atoms with Crippen LogP contribution in [-0.2, 0) is 25.6 Å². The number of carbonyl (C=O) groups excluding carboxylic acids is 1. The van der Waals surface area contributed by atoms with Gasteiger partial charge in [-0.05, 0) is 36.8 Å². The summed E-state index contributed by atoms with van der Waals surface area (Å²) in [6.45, 7) is 1.72. The van der Waals surface area contributed by atoms with Crippen LogP contribution < -0.4 is 16.3 Å². The molecule has 1 aromatic heterocycles. The Bertz CT molecular complexity index is 1510. The fourth-order valence-corrected chi connectivity index (χ4v) is 4.74. The molecule has 0 aliphatic carbocycles. The number of aromatic carboxylic acids is 1. The van der Waals surface area contributed by atoms with Crippen molar-refractivity contribution in [3.05, 3.63) is 99.9 Å². The number of hydrogen-bond donors (Lipinski definition) is 3. The zero-order valence-electron chi connectivity index (χ0n) is 22.5. The molecule has 0 radical (unpaired) electrons. The third-order valence-corrected chi connectivity index (χ3v) is 6.67. The summed E-state index contributed by atoms with van der Waals surface area (Å²) < 4.78 is 39.7. The molecule has 2 fully saturated rings. The summed E-state index contributed by atoms with van der Waals surface area (Å²) in [7, 11) is 0. The number of aromatic nitrogens is 2. The number of urea groups is 1. The van der Waals surface area contributed by atoms with Gasteiger partial charge in [0.1, 0.15) is 29.9 Å². The van der Waals surface area contributed by atoms with Gasteiger partial charge in [0.25, 0.3) is 0 Å². The van der Waals surface area contributed by atoms with Gasteiger partial charge in [-0.2, -0.15) is 4.98 Å². The molecule has 2 amide bonds. The molecule has 0 spiro atoms. The number of nitrogens with zero attached hydrogens (tertiary/aromatic N) is 2. The van der Waals surface area contributed by atoms with Crippen LogP contribution >= 0.6 is 0 Å². The molecule has 3 heterocycles. The Morgan fingerprint density at radius 2 is 1.88 bits per heavy atom. The number of amides is 2. The number of nitrogens with one attached hydrogen (secondary N) is 2. The maximum Gasteiger partial charge on any atom is 0.351 e. The molecule has 42 heavy (non-hydrogen) atoms. The highest BCUT2D eigenvalue weighted by atomic mass is 19.1. The molecular formula is C29H29FN4O8. The van der Waals surface area contributed by atoms with Crippen molar-refractivity contribution < 1.29 is 38.0 Å². The van der Waals surface area contributed by atoms with E-state index in [1.807, 2.05) is 36.4 Å². The Balaban J connectivity index is 1.34. The molecule has 5 rings (SSSR count). The van der Waals surface area contributed by atoms with Gasteiger partial charge in [0.2, 0.25) is 0 Å². The molecule has 1 unspecified atom stereocenters. The standard InChI is InChI=1S/C29H29FN4O8/c1-2-31-28(37)32-22-13-14-34(29(38)33-22)26-25-24(41-23(42-25)12-11-17-7-4-3-5-8-17)21(40-26)16-39-15-19-18(27(35)36)9-6-10-20(19)30/h3-14,21,23-26H,2,15-16H2,1H3,(H,35,36)(H2,31,32,33,37,38)/b12-11+/t21-,23+,24?,25+,26-/m1/s1. The summed E-state index contributed by atoms with van der Waals surface area (Å²) in [5, 5.41) is 14.5. The molecule has 12 nitrogen and oxygen atoms in total. The average molecular weight is 581 g/mol. The minimum Gasteiger partial charge on any atom is -0.478 e. The van der Waals surface area contributed by atoms with E-state index in [1.54, 1.807) is 13.0 Å². The number of halogens is 1. The van der Waals surface area contributed by atoms with Crippen LogP contribution in [0.1, 0.15) is 34.6 Å². The number of carboxylic acid groups (broad SMARTS) is 1. The second-order valence-corrected chi connectivity index (χ2v) is 9.48. The zero-order chi connectivity index (χ0) is 29.6. The summed E-state index contributed by atoms with van der Waals surface area (Å²) in [5.74, 6) is -1.92. The Hall–Kier alpha value is -4.43. The van der Waals surface area contributed by atoms with Crippen LogP contribution in [0.25, 0.3) is 6.08 Å². The number of ether oxygens (including phenoxy) is 4. The van der Waals surface area contributed by atoms with Crippen LogP contribution in [0.3, 0.4) is 0 Å². The summed E-state index contributed by atoms with van der Waals surface area (Å²) in [6.07, 6.45) is 1.11. The molecule has 2 aliphatic rings. The maximum absolute atomic E-state index is 14.4. The van der Waals surface area contributed by atoms with Crippen LogP contribution in [0.4, 0.5) is 15.0 Å². The highest BCUT2D eigenvalue weighted by Crippen LogP contribution is 2.39. The third kappa shape index (κ3) is 6.55. The topological polar surface area (TPSA) is 150 Å². The molecule has 3 N–H and O–H groups in total. The highest BCUT2D eigenvalue weighted by molar-refractivity contribution is 5.89. The Kier molecular flexibility index (Phi) is 9.03. The average Bonchev–Trinajstić information content (AvgIpc) is 3.53. The van der Waals surface area contributed by atoms with E-state index in [1.165, 1.54) is 29.0 Å². The number of benzene rings is 2. The van der Waals surface area contributed by atoms with Crippen molar-refractivity contribution in [2.75, 3.05) is 18.5 Å². The van der Waals surface area contributed by atoms with Gasteiger partial charge >= 0.3 is 17.7 Å². The van der Waals surface area contributed by atoms with E-state index in [2.05, 4.69) is 15.6 Å². The van der Waals surface area contributed by atoms with E-state index in [0.717, 1.165) is 11.6 Å². The van der Waals surface area contributed by atoms with Crippen LogP contribution in [0.2, 0.25) is 0 Å². The van der Waals surface area contributed by atoms with Gasteiger partial charge in [-0.15, -0.1) is 0 Å². The van der Waals surface area contributed by atoms with Gasteiger partial charge < -0.3 is 29.4 Å². The van der Waals surface area contributed by atoms with E-state index >= 15 is 0 Å². The lowest BCUT2D eigenvalue weighted by Gasteiger charge is -2.21. The first kappa shape index (κ1) is 29.1. The van der Waals surface area contributed by atoms with E-state index < -0.39 is 54.3 Å². The summed E-state index contributed by atoms with van der Waals surface area (Å²) in [4.78, 5) is 40.2.